The summed E-state index contributed by atoms with van der Waals surface area (Å²) in [5, 5.41) is 8.55. The number of ether oxygens (including phenoxy) is 1. The van der Waals surface area contributed by atoms with Crippen LogP contribution in [0.2, 0.25) is 4.34 Å². The van der Waals surface area contributed by atoms with Crippen molar-refractivity contribution in [2.75, 3.05) is 19.7 Å². The van der Waals surface area contributed by atoms with Gasteiger partial charge < -0.3 is 9.84 Å². The van der Waals surface area contributed by atoms with E-state index in [1.165, 1.54) is 4.88 Å². The van der Waals surface area contributed by atoms with Gasteiger partial charge in [-0.1, -0.05) is 11.6 Å². The summed E-state index contributed by atoms with van der Waals surface area (Å²) in [4.78, 5) is 13.8. The van der Waals surface area contributed by atoms with E-state index in [0.29, 0.717) is 0 Å². The van der Waals surface area contributed by atoms with E-state index in [2.05, 4.69) is 4.90 Å². The monoisotopic (exact) mass is 275 g/mol. The number of carbonyl (C=O) groups is 1. The standard InChI is InChI=1S/C11H14ClNO3S/c1-11(16-5-10(14)15)6-13(7-11)4-8-2-3-9(12)17-8/h2-3H,4-7H2,1H3,(H,14,15). The van der Waals surface area contributed by atoms with Crippen molar-refractivity contribution in [1.82, 2.24) is 4.90 Å². The van der Waals surface area contributed by atoms with Crippen LogP contribution in [-0.2, 0) is 16.1 Å². The fourth-order valence-electron chi connectivity index (χ4n) is 2.00. The molecule has 1 aromatic rings. The van der Waals surface area contributed by atoms with Crippen molar-refractivity contribution >= 4 is 28.9 Å². The minimum Gasteiger partial charge on any atom is -0.480 e. The molecular formula is C11H14ClNO3S. The van der Waals surface area contributed by atoms with Crippen LogP contribution in [-0.4, -0.2) is 41.3 Å². The molecule has 1 aliphatic rings. The highest BCUT2D eigenvalue weighted by Crippen LogP contribution is 2.29. The topological polar surface area (TPSA) is 49.8 Å². The lowest BCUT2D eigenvalue weighted by atomic mass is 9.96. The normalized spacial score (nSPS) is 18.9. The first-order valence-electron chi connectivity index (χ1n) is 5.29. The molecule has 0 radical (unpaired) electrons. The van der Waals surface area contributed by atoms with Gasteiger partial charge in [0.25, 0.3) is 0 Å². The van der Waals surface area contributed by atoms with Crippen molar-refractivity contribution in [3.05, 3.63) is 21.3 Å². The maximum atomic E-state index is 10.4. The zero-order valence-electron chi connectivity index (χ0n) is 9.48. The van der Waals surface area contributed by atoms with Crippen molar-refractivity contribution in [2.24, 2.45) is 0 Å². The van der Waals surface area contributed by atoms with E-state index >= 15 is 0 Å². The number of likely N-dealkylation sites (tertiary alicyclic amines) is 1. The predicted octanol–water partition coefficient (Wildman–Crippen LogP) is 2.08. The third-order valence-electron chi connectivity index (χ3n) is 2.67. The van der Waals surface area contributed by atoms with E-state index in [9.17, 15) is 4.79 Å². The van der Waals surface area contributed by atoms with Crippen LogP contribution in [0.1, 0.15) is 11.8 Å². The first-order chi connectivity index (χ1) is 7.97. The zero-order valence-corrected chi connectivity index (χ0v) is 11.1. The molecule has 1 N–H and O–H groups in total. The quantitative estimate of drug-likeness (QED) is 0.894. The molecule has 1 aliphatic heterocycles. The van der Waals surface area contributed by atoms with Crippen LogP contribution >= 0.6 is 22.9 Å². The lowest BCUT2D eigenvalue weighted by Crippen LogP contribution is -2.61. The molecule has 1 saturated heterocycles. The number of nitrogens with zero attached hydrogens (tertiary/aromatic N) is 1. The second-order valence-corrected chi connectivity index (χ2v) is 6.28. The number of halogens is 1. The number of rotatable bonds is 5. The number of carboxylic acids is 1. The van der Waals surface area contributed by atoms with Crippen molar-refractivity contribution in [3.63, 3.8) is 0 Å². The van der Waals surface area contributed by atoms with Crippen LogP contribution in [0.5, 0.6) is 0 Å². The Morgan fingerprint density at radius 2 is 2.35 bits per heavy atom. The van der Waals surface area contributed by atoms with Crippen molar-refractivity contribution < 1.29 is 14.6 Å². The summed E-state index contributed by atoms with van der Waals surface area (Å²) in [5.41, 5.74) is -0.320. The largest absolute Gasteiger partial charge is 0.480 e. The Balaban J connectivity index is 1.76. The number of carboxylic acid groups (broad SMARTS) is 1. The van der Waals surface area contributed by atoms with Crippen molar-refractivity contribution in [1.29, 1.82) is 0 Å². The third kappa shape index (κ3) is 3.42. The maximum Gasteiger partial charge on any atom is 0.329 e. The van der Waals surface area contributed by atoms with Gasteiger partial charge in [0.15, 0.2) is 0 Å². The summed E-state index contributed by atoms with van der Waals surface area (Å²) in [5.74, 6) is -0.922. The Hall–Kier alpha value is -0.620. The van der Waals surface area contributed by atoms with Crippen LogP contribution in [0, 0.1) is 0 Å². The molecule has 17 heavy (non-hydrogen) atoms. The molecule has 0 unspecified atom stereocenters. The molecule has 0 spiro atoms. The summed E-state index contributed by atoms with van der Waals surface area (Å²) in [7, 11) is 0. The van der Waals surface area contributed by atoms with E-state index in [4.69, 9.17) is 21.4 Å². The fraction of sp³-hybridized carbons (Fsp3) is 0.545. The average molecular weight is 276 g/mol. The first kappa shape index (κ1) is 12.8. The lowest BCUT2D eigenvalue weighted by Gasteiger charge is -2.47. The van der Waals surface area contributed by atoms with Gasteiger partial charge in [-0.3, -0.25) is 4.90 Å². The third-order valence-corrected chi connectivity index (χ3v) is 3.88. The number of thiophene rings is 1. The first-order valence-corrected chi connectivity index (χ1v) is 6.49. The van der Waals surface area contributed by atoms with Crippen LogP contribution in [0.25, 0.3) is 0 Å². The number of hydrogen-bond donors (Lipinski definition) is 1. The molecule has 1 fully saturated rings. The molecule has 0 atom stereocenters. The van der Waals surface area contributed by atoms with Gasteiger partial charge in [0.05, 0.1) is 9.94 Å². The van der Waals surface area contributed by atoms with E-state index in [-0.39, 0.29) is 12.2 Å². The SMILES string of the molecule is CC1(OCC(=O)O)CN(Cc2ccc(Cl)s2)C1. The van der Waals surface area contributed by atoms with Gasteiger partial charge >= 0.3 is 5.97 Å². The molecule has 0 aliphatic carbocycles. The van der Waals surface area contributed by atoms with E-state index in [0.717, 1.165) is 24.0 Å². The van der Waals surface area contributed by atoms with E-state index in [1.807, 2.05) is 19.1 Å². The highest BCUT2D eigenvalue weighted by atomic mass is 35.5. The zero-order chi connectivity index (χ0) is 12.5. The minimum absolute atomic E-state index is 0.227. The van der Waals surface area contributed by atoms with E-state index < -0.39 is 5.97 Å². The Bertz CT molecular complexity index is 415. The molecule has 94 valence electrons. The van der Waals surface area contributed by atoms with Gasteiger partial charge in [0.1, 0.15) is 6.61 Å². The summed E-state index contributed by atoms with van der Waals surface area (Å²) >= 11 is 7.43. The summed E-state index contributed by atoms with van der Waals surface area (Å²) in [6.07, 6.45) is 0. The second-order valence-electron chi connectivity index (χ2n) is 4.48. The number of hydrogen-bond acceptors (Lipinski definition) is 4. The smallest absolute Gasteiger partial charge is 0.329 e. The molecule has 2 heterocycles. The predicted molar refractivity (Wildman–Crippen MR) is 66.6 cm³/mol. The molecule has 4 nitrogen and oxygen atoms in total. The molecule has 0 amide bonds. The molecule has 2 rings (SSSR count). The van der Waals surface area contributed by atoms with Crippen LogP contribution in [0.4, 0.5) is 0 Å². The molecule has 6 heteroatoms. The fourth-order valence-corrected chi connectivity index (χ4v) is 3.13. The molecular weight excluding hydrogens is 262 g/mol. The second kappa shape index (κ2) is 4.94. The van der Waals surface area contributed by atoms with Crippen LogP contribution < -0.4 is 0 Å². The Labute approximate surface area is 109 Å². The van der Waals surface area contributed by atoms with Crippen LogP contribution in [0.15, 0.2) is 12.1 Å². The summed E-state index contributed by atoms with van der Waals surface area (Å²) < 4.78 is 6.13. The van der Waals surface area contributed by atoms with E-state index in [1.54, 1.807) is 11.3 Å². The Morgan fingerprint density at radius 3 is 2.88 bits per heavy atom. The van der Waals surface area contributed by atoms with Gasteiger partial charge in [-0.05, 0) is 19.1 Å². The van der Waals surface area contributed by atoms with Crippen molar-refractivity contribution in [3.8, 4) is 0 Å². The van der Waals surface area contributed by atoms with Gasteiger partial charge in [0, 0.05) is 24.5 Å². The van der Waals surface area contributed by atoms with Crippen molar-refractivity contribution in [2.45, 2.75) is 19.1 Å². The highest BCUT2D eigenvalue weighted by molar-refractivity contribution is 7.16. The minimum atomic E-state index is -0.922. The highest BCUT2D eigenvalue weighted by Gasteiger charge is 2.40. The molecule has 0 saturated carbocycles. The molecule has 0 bridgehead atoms. The number of aliphatic carboxylic acids is 1. The van der Waals surface area contributed by atoms with Gasteiger partial charge in [-0.15, -0.1) is 11.3 Å². The van der Waals surface area contributed by atoms with Gasteiger partial charge in [0.2, 0.25) is 0 Å². The Morgan fingerprint density at radius 1 is 1.65 bits per heavy atom. The van der Waals surface area contributed by atoms with Gasteiger partial charge in [-0.25, -0.2) is 4.79 Å². The van der Waals surface area contributed by atoms with Gasteiger partial charge in [-0.2, -0.15) is 0 Å². The van der Waals surface area contributed by atoms with Crippen LogP contribution in [0.3, 0.4) is 0 Å². The summed E-state index contributed by atoms with van der Waals surface area (Å²) in [6.45, 7) is 4.08. The molecule has 1 aromatic heterocycles. The Kier molecular flexibility index (Phi) is 3.73. The molecule has 0 aromatic carbocycles. The maximum absolute atomic E-state index is 10.4. The summed E-state index contributed by atoms with van der Waals surface area (Å²) in [6, 6.07) is 3.90. The average Bonchev–Trinajstić information content (AvgIpc) is 2.59. The lowest BCUT2D eigenvalue weighted by molar-refractivity contribution is -0.165.